The third-order valence-electron chi connectivity index (χ3n) is 3.39. The lowest BCUT2D eigenvalue weighted by Gasteiger charge is -2.33. The smallest absolute Gasteiger partial charge is 0.0201 e. The zero-order valence-electron chi connectivity index (χ0n) is 7.53. The second-order valence-corrected chi connectivity index (χ2v) is 3.96. The van der Waals surface area contributed by atoms with E-state index in [2.05, 4.69) is 6.92 Å². The number of hydrogen-bond acceptors (Lipinski definition) is 0. The molecule has 0 heterocycles. The van der Waals surface area contributed by atoms with Crippen LogP contribution in [0.15, 0.2) is 11.1 Å². The van der Waals surface area contributed by atoms with Gasteiger partial charge >= 0.3 is 0 Å². The SMILES string of the molecule is CCC(=C1CCC1)C1CCC1. The summed E-state index contributed by atoms with van der Waals surface area (Å²) in [4.78, 5) is 0. The van der Waals surface area contributed by atoms with Crippen LogP contribution in [0.1, 0.15) is 51.9 Å². The van der Waals surface area contributed by atoms with E-state index in [4.69, 9.17) is 0 Å². The Kier molecular flexibility index (Phi) is 2.02. The summed E-state index contributed by atoms with van der Waals surface area (Å²) in [5.41, 5.74) is 3.68. The molecule has 2 rings (SSSR count). The molecule has 0 bridgehead atoms. The zero-order chi connectivity index (χ0) is 7.68. The highest BCUT2D eigenvalue weighted by Crippen LogP contribution is 2.41. The van der Waals surface area contributed by atoms with Crippen molar-refractivity contribution in [3.05, 3.63) is 11.1 Å². The predicted molar refractivity (Wildman–Crippen MR) is 48.5 cm³/mol. The lowest BCUT2D eigenvalue weighted by Crippen LogP contribution is -2.17. The van der Waals surface area contributed by atoms with Crippen molar-refractivity contribution in [3.63, 3.8) is 0 Å². The number of hydrogen-bond donors (Lipinski definition) is 0. The maximum absolute atomic E-state index is 2.33. The van der Waals surface area contributed by atoms with Gasteiger partial charge in [0.15, 0.2) is 0 Å². The monoisotopic (exact) mass is 150 g/mol. The number of allylic oxidation sites excluding steroid dienone is 2. The summed E-state index contributed by atoms with van der Waals surface area (Å²) < 4.78 is 0. The van der Waals surface area contributed by atoms with Gasteiger partial charge in [0.25, 0.3) is 0 Å². The van der Waals surface area contributed by atoms with Gasteiger partial charge in [-0.1, -0.05) is 24.5 Å². The summed E-state index contributed by atoms with van der Waals surface area (Å²) in [5.74, 6) is 1.02. The Morgan fingerprint density at radius 1 is 1.27 bits per heavy atom. The van der Waals surface area contributed by atoms with Gasteiger partial charge < -0.3 is 0 Å². The van der Waals surface area contributed by atoms with Gasteiger partial charge in [0.2, 0.25) is 0 Å². The van der Waals surface area contributed by atoms with Gasteiger partial charge in [-0.05, 0) is 44.4 Å². The van der Waals surface area contributed by atoms with Gasteiger partial charge in [-0.25, -0.2) is 0 Å². The van der Waals surface area contributed by atoms with Crippen LogP contribution in [-0.2, 0) is 0 Å². The number of rotatable bonds is 2. The molecule has 0 N–H and O–H groups in total. The van der Waals surface area contributed by atoms with Crippen LogP contribution in [0.2, 0.25) is 0 Å². The Morgan fingerprint density at radius 2 is 2.00 bits per heavy atom. The van der Waals surface area contributed by atoms with E-state index in [1.54, 1.807) is 0 Å². The van der Waals surface area contributed by atoms with Crippen LogP contribution in [-0.4, -0.2) is 0 Å². The molecule has 0 atom stereocenters. The fraction of sp³-hybridized carbons (Fsp3) is 0.818. The zero-order valence-corrected chi connectivity index (χ0v) is 7.53. The molecule has 0 aromatic rings. The molecule has 2 fully saturated rings. The first-order valence-corrected chi connectivity index (χ1v) is 5.12. The largest absolute Gasteiger partial charge is 0.0707 e. The first-order chi connectivity index (χ1) is 5.42. The van der Waals surface area contributed by atoms with E-state index >= 15 is 0 Å². The third kappa shape index (κ3) is 1.23. The minimum Gasteiger partial charge on any atom is -0.0707 e. The topological polar surface area (TPSA) is 0 Å². The Labute approximate surface area is 69.7 Å². The Bertz CT molecular complexity index is 166. The van der Waals surface area contributed by atoms with Crippen LogP contribution >= 0.6 is 0 Å². The summed E-state index contributed by atoms with van der Waals surface area (Å²) in [6.45, 7) is 2.33. The van der Waals surface area contributed by atoms with Crippen LogP contribution in [0.5, 0.6) is 0 Å². The molecule has 11 heavy (non-hydrogen) atoms. The standard InChI is InChI=1S/C11H18/c1-2-11(9-5-3-6-9)10-7-4-8-10/h9H,2-8H2,1H3. The highest BCUT2D eigenvalue weighted by molar-refractivity contribution is 5.22. The summed E-state index contributed by atoms with van der Waals surface area (Å²) in [6.07, 6.45) is 10.1. The van der Waals surface area contributed by atoms with Crippen molar-refractivity contribution in [1.82, 2.24) is 0 Å². The van der Waals surface area contributed by atoms with Gasteiger partial charge in [-0.2, -0.15) is 0 Å². The van der Waals surface area contributed by atoms with Gasteiger partial charge in [-0.15, -0.1) is 0 Å². The Balaban J connectivity index is 2.04. The van der Waals surface area contributed by atoms with Crippen molar-refractivity contribution in [3.8, 4) is 0 Å². The maximum Gasteiger partial charge on any atom is -0.0201 e. The van der Waals surface area contributed by atoms with E-state index in [0.29, 0.717) is 0 Å². The Morgan fingerprint density at radius 3 is 2.27 bits per heavy atom. The van der Waals surface area contributed by atoms with Crippen LogP contribution in [0.4, 0.5) is 0 Å². The fourth-order valence-corrected chi connectivity index (χ4v) is 2.26. The molecule has 2 aliphatic rings. The molecule has 0 unspecified atom stereocenters. The van der Waals surface area contributed by atoms with Gasteiger partial charge in [0, 0.05) is 0 Å². The first kappa shape index (κ1) is 7.39. The molecular formula is C11H18. The van der Waals surface area contributed by atoms with E-state index in [0.717, 1.165) is 5.92 Å². The van der Waals surface area contributed by atoms with E-state index in [-0.39, 0.29) is 0 Å². The third-order valence-corrected chi connectivity index (χ3v) is 3.39. The molecule has 0 amide bonds. The normalized spacial score (nSPS) is 24.3. The lowest BCUT2D eigenvalue weighted by molar-refractivity contribution is 0.352. The quantitative estimate of drug-likeness (QED) is 0.527. The van der Waals surface area contributed by atoms with Gasteiger partial charge in [0.1, 0.15) is 0 Å². The highest BCUT2D eigenvalue weighted by Gasteiger charge is 2.24. The molecule has 2 saturated carbocycles. The molecule has 0 spiro atoms. The molecule has 0 aromatic heterocycles. The van der Waals surface area contributed by atoms with Crippen molar-refractivity contribution < 1.29 is 0 Å². The van der Waals surface area contributed by atoms with E-state index < -0.39 is 0 Å². The van der Waals surface area contributed by atoms with E-state index in [1.165, 1.54) is 44.9 Å². The van der Waals surface area contributed by atoms with E-state index in [9.17, 15) is 0 Å². The molecule has 0 radical (unpaired) electrons. The second-order valence-electron chi connectivity index (χ2n) is 3.96. The van der Waals surface area contributed by atoms with Crippen molar-refractivity contribution in [2.24, 2.45) is 5.92 Å². The molecule has 0 nitrogen and oxygen atoms in total. The molecule has 0 aromatic carbocycles. The van der Waals surface area contributed by atoms with Crippen molar-refractivity contribution >= 4 is 0 Å². The fourth-order valence-electron chi connectivity index (χ4n) is 2.26. The molecule has 0 saturated heterocycles. The van der Waals surface area contributed by atoms with Crippen molar-refractivity contribution in [1.29, 1.82) is 0 Å². The summed E-state index contributed by atoms with van der Waals surface area (Å²) in [5, 5.41) is 0. The molecule has 2 aliphatic carbocycles. The van der Waals surface area contributed by atoms with Gasteiger partial charge in [-0.3, -0.25) is 0 Å². The summed E-state index contributed by atoms with van der Waals surface area (Å²) in [7, 11) is 0. The van der Waals surface area contributed by atoms with E-state index in [1.807, 2.05) is 11.1 Å². The second kappa shape index (κ2) is 3.00. The minimum absolute atomic E-state index is 1.02. The first-order valence-electron chi connectivity index (χ1n) is 5.12. The molecular weight excluding hydrogens is 132 g/mol. The van der Waals surface area contributed by atoms with Crippen molar-refractivity contribution in [2.75, 3.05) is 0 Å². The summed E-state index contributed by atoms with van der Waals surface area (Å²) in [6, 6.07) is 0. The average Bonchev–Trinajstić information content (AvgIpc) is 1.78. The van der Waals surface area contributed by atoms with Crippen LogP contribution in [0.3, 0.4) is 0 Å². The average molecular weight is 150 g/mol. The van der Waals surface area contributed by atoms with Crippen LogP contribution in [0.25, 0.3) is 0 Å². The molecule has 62 valence electrons. The molecule has 0 aliphatic heterocycles. The maximum atomic E-state index is 2.33. The van der Waals surface area contributed by atoms with Gasteiger partial charge in [0.05, 0.1) is 0 Å². The Hall–Kier alpha value is -0.260. The van der Waals surface area contributed by atoms with Crippen LogP contribution < -0.4 is 0 Å². The minimum atomic E-state index is 1.02. The summed E-state index contributed by atoms with van der Waals surface area (Å²) >= 11 is 0. The highest BCUT2D eigenvalue weighted by atomic mass is 14.3. The lowest BCUT2D eigenvalue weighted by atomic mass is 9.73. The predicted octanol–water partition coefficient (Wildman–Crippen LogP) is 3.68. The van der Waals surface area contributed by atoms with Crippen LogP contribution in [0, 0.1) is 5.92 Å². The molecule has 0 heteroatoms. The van der Waals surface area contributed by atoms with Crippen molar-refractivity contribution in [2.45, 2.75) is 51.9 Å².